The highest BCUT2D eigenvalue weighted by Crippen LogP contribution is 2.24. The average Bonchev–Trinajstić information content (AvgIpc) is 2.91. The first-order valence-electron chi connectivity index (χ1n) is 6.08. The number of nitrogens with two attached hydrogens (primary N) is 1. The molecule has 0 radical (unpaired) electrons. The minimum absolute atomic E-state index is 0.0258. The molecule has 0 saturated heterocycles. The largest absolute Gasteiger partial charge is 0.497 e. The van der Waals surface area contributed by atoms with Crippen molar-refractivity contribution < 1.29 is 9.53 Å². The van der Waals surface area contributed by atoms with Crippen molar-refractivity contribution in [2.24, 2.45) is 5.73 Å². The number of rotatable bonds is 5. The summed E-state index contributed by atoms with van der Waals surface area (Å²) in [5.41, 5.74) is 7.10. The number of carbonyl (C=O) groups is 1. The molecule has 0 bridgehead atoms. The third-order valence-corrected chi connectivity index (χ3v) is 4.62. The van der Waals surface area contributed by atoms with E-state index in [1.165, 1.54) is 11.3 Å². The number of carbonyl (C=O) groups excluding carboxylic acids is 1. The number of thiazole rings is 1. The minimum Gasteiger partial charge on any atom is -0.497 e. The lowest BCUT2D eigenvalue weighted by molar-refractivity contribution is 0.0988. The van der Waals surface area contributed by atoms with E-state index in [9.17, 15) is 4.79 Å². The third kappa shape index (κ3) is 3.45. The zero-order valence-electron chi connectivity index (χ0n) is 11.2. The Morgan fingerprint density at radius 3 is 2.90 bits per heavy atom. The highest BCUT2D eigenvalue weighted by Gasteiger charge is 2.15. The summed E-state index contributed by atoms with van der Waals surface area (Å²) in [7, 11) is 1.60. The van der Waals surface area contributed by atoms with Crippen LogP contribution in [0.3, 0.4) is 0 Å². The summed E-state index contributed by atoms with van der Waals surface area (Å²) in [6.45, 7) is 1.85. The summed E-state index contributed by atoms with van der Waals surface area (Å²) < 4.78 is 6.05. The fourth-order valence-electron chi connectivity index (χ4n) is 1.70. The molecule has 4 nitrogen and oxygen atoms in total. The van der Waals surface area contributed by atoms with Gasteiger partial charge in [-0.1, -0.05) is 15.9 Å². The van der Waals surface area contributed by atoms with Crippen molar-refractivity contribution in [3.63, 3.8) is 0 Å². The van der Waals surface area contributed by atoms with Gasteiger partial charge < -0.3 is 10.5 Å². The second-order valence-electron chi connectivity index (χ2n) is 4.42. The molecule has 106 valence electrons. The van der Waals surface area contributed by atoms with Gasteiger partial charge in [0, 0.05) is 16.3 Å². The van der Waals surface area contributed by atoms with Crippen LogP contribution in [0.4, 0.5) is 0 Å². The van der Waals surface area contributed by atoms with E-state index in [2.05, 4.69) is 20.9 Å². The molecule has 1 aromatic carbocycles. The Kier molecular flexibility index (Phi) is 4.91. The summed E-state index contributed by atoms with van der Waals surface area (Å²) in [4.78, 5) is 16.5. The average molecular weight is 355 g/mol. The van der Waals surface area contributed by atoms with Crippen molar-refractivity contribution >= 4 is 33.0 Å². The molecular weight excluding hydrogens is 340 g/mol. The number of ketones is 1. The topological polar surface area (TPSA) is 65.2 Å². The molecule has 0 spiro atoms. The molecule has 2 aromatic rings. The van der Waals surface area contributed by atoms with Gasteiger partial charge in [0.25, 0.3) is 0 Å². The zero-order chi connectivity index (χ0) is 14.7. The molecule has 1 aromatic heterocycles. The van der Waals surface area contributed by atoms with Crippen LogP contribution in [0.5, 0.6) is 5.75 Å². The number of methoxy groups -OCH3 is 1. The van der Waals surface area contributed by atoms with Crippen LogP contribution in [0.2, 0.25) is 0 Å². The lowest BCUT2D eigenvalue weighted by Crippen LogP contribution is -2.08. The van der Waals surface area contributed by atoms with E-state index >= 15 is 0 Å². The van der Waals surface area contributed by atoms with Crippen LogP contribution in [0, 0.1) is 0 Å². The van der Waals surface area contributed by atoms with Crippen molar-refractivity contribution in [1.82, 2.24) is 4.98 Å². The minimum atomic E-state index is -0.148. The summed E-state index contributed by atoms with van der Waals surface area (Å²) >= 11 is 4.86. The Hall–Kier alpha value is -1.24. The molecule has 2 rings (SSSR count). The summed E-state index contributed by atoms with van der Waals surface area (Å²) in [5.74, 6) is 0.702. The molecule has 0 aliphatic rings. The molecule has 0 fully saturated rings. The normalized spacial score (nSPS) is 12.2. The summed E-state index contributed by atoms with van der Waals surface area (Å²) in [5, 5.41) is 2.54. The van der Waals surface area contributed by atoms with Crippen LogP contribution < -0.4 is 10.5 Å². The molecular formula is C14H15BrN2O2S. The fraction of sp³-hybridized carbons (Fsp3) is 0.286. The maximum absolute atomic E-state index is 12.2. The van der Waals surface area contributed by atoms with Crippen LogP contribution >= 0.6 is 27.3 Å². The van der Waals surface area contributed by atoms with Crippen molar-refractivity contribution in [3.8, 4) is 5.75 Å². The Morgan fingerprint density at radius 1 is 1.55 bits per heavy atom. The Morgan fingerprint density at radius 2 is 2.30 bits per heavy atom. The van der Waals surface area contributed by atoms with Crippen LogP contribution in [0.1, 0.15) is 34.0 Å². The van der Waals surface area contributed by atoms with Gasteiger partial charge in [-0.05, 0) is 30.7 Å². The molecule has 0 aliphatic heterocycles. The molecule has 1 unspecified atom stereocenters. The number of hydrogen-bond donors (Lipinski definition) is 1. The fourth-order valence-corrected chi connectivity index (χ4v) is 2.87. The van der Waals surface area contributed by atoms with Gasteiger partial charge in [-0.3, -0.25) is 4.79 Å². The van der Waals surface area contributed by atoms with Gasteiger partial charge in [0.2, 0.25) is 0 Å². The zero-order valence-corrected chi connectivity index (χ0v) is 13.6. The van der Waals surface area contributed by atoms with Gasteiger partial charge in [0.1, 0.15) is 16.5 Å². The second kappa shape index (κ2) is 6.47. The highest BCUT2D eigenvalue weighted by atomic mass is 79.9. The van der Waals surface area contributed by atoms with E-state index in [4.69, 9.17) is 10.5 Å². The quantitative estimate of drug-likeness (QED) is 0.836. The van der Waals surface area contributed by atoms with E-state index in [1.807, 2.05) is 25.1 Å². The number of aromatic nitrogens is 1. The van der Waals surface area contributed by atoms with Crippen molar-refractivity contribution in [2.75, 3.05) is 7.11 Å². The first-order valence-corrected chi connectivity index (χ1v) is 7.75. The van der Waals surface area contributed by atoms with Crippen LogP contribution in [-0.2, 0) is 6.42 Å². The van der Waals surface area contributed by atoms with Gasteiger partial charge >= 0.3 is 0 Å². The Bertz CT molecular complexity index is 625. The molecule has 1 atom stereocenters. The second-order valence-corrected chi connectivity index (χ2v) is 6.16. The lowest BCUT2D eigenvalue weighted by Gasteiger charge is -2.06. The molecule has 6 heteroatoms. The molecule has 0 saturated carbocycles. The first-order chi connectivity index (χ1) is 9.51. The third-order valence-electron chi connectivity index (χ3n) is 2.80. The SMILES string of the molecule is COc1ccc(Br)c(CC(=O)c2csc(C(C)N)n2)c1. The first kappa shape index (κ1) is 15.2. The number of benzene rings is 1. The van der Waals surface area contributed by atoms with Gasteiger partial charge in [-0.25, -0.2) is 4.98 Å². The molecule has 2 N–H and O–H groups in total. The van der Waals surface area contributed by atoms with Gasteiger partial charge in [-0.2, -0.15) is 0 Å². The standard InChI is InChI=1S/C14H15BrN2O2S/c1-8(16)14-17-12(7-20-14)13(18)6-9-5-10(19-2)3-4-11(9)15/h3-5,7-8H,6,16H2,1-2H3. The van der Waals surface area contributed by atoms with E-state index in [1.54, 1.807) is 12.5 Å². The summed E-state index contributed by atoms with van der Waals surface area (Å²) in [6, 6.07) is 5.41. The van der Waals surface area contributed by atoms with Gasteiger partial charge in [0.15, 0.2) is 5.78 Å². The van der Waals surface area contributed by atoms with E-state index in [-0.39, 0.29) is 18.2 Å². The predicted octanol–water partition coefficient (Wildman–Crippen LogP) is 3.36. The molecule has 0 aliphatic carbocycles. The number of ether oxygens (including phenoxy) is 1. The Labute approximate surface area is 130 Å². The van der Waals surface area contributed by atoms with E-state index in [0.29, 0.717) is 5.69 Å². The number of Topliss-reactive ketones (excluding diaryl/α,β-unsaturated/α-hetero) is 1. The molecule has 0 amide bonds. The van der Waals surface area contributed by atoms with E-state index in [0.717, 1.165) is 20.8 Å². The van der Waals surface area contributed by atoms with Crippen LogP contribution in [0.15, 0.2) is 28.1 Å². The number of halogens is 1. The Balaban J connectivity index is 2.18. The van der Waals surface area contributed by atoms with Gasteiger partial charge in [-0.15, -0.1) is 11.3 Å². The smallest absolute Gasteiger partial charge is 0.186 e. The molecule has 20 heavy (non-hydrogen) atoms. The maximum Gasteiger partial charge on any atom is 0.186 e. The van der Waals surface area contributed by atoms with Crippen molar-refractivity contribution in [2.45, 2.75) is 19.4 Å². The summed E-state index contributed by atoms with van der Waals surface area (Å²) in [6.07, 6.45) is 0.278. The number of hydrogen-bond acceptors (Lipinski definition) is 5. The van der Waals surface area contributed by atoms with Crippen molar-refractivity contribution in [1.29, 1.82) is 0 Å². The monoisotopic (exact) mass is 354 g/mol. The highest BCUT2D eigenvalue weighted by molar-refractivity contribution is 9.10. The molecule has 1 heterocycles. The van der Waals surface area contributed by atoms with Crippen LogP contribution in [-0.4, -0.2) is 17.9 Å². The predicted molar refractivity (Wildman–Crippen MR) is 83.4 cm³/mol. The van der Waals surface area contributed by atoms with Gasteiger partial charge in [0.05, 0.1) is 13.2 Å². The lowest BCUT2D eigenvalue weighted by atomic mass is 10.1. The van der Waals surface area contributed by atoms with Crippen LogP contribution in [0.25, 0.3) is 0 Å². The maximum atomic E-state index is 12.2. The van der Waals surface area contributed by atoms with E-state index < -0.39 is 0 Å². The van der Waals surface area contributed by atoms with Crippen molar-refractivity contribution in [3.05, 3.63) is 44.3 Å². The number of nitrogens with zero attached hydrogens (tertiary/aromatic N) is 1.